The lowest BCUT2D eigenvalue weighted by Crippen LogP contribution is -2.36. The molecule has 2 aromatic carbocycles. The van der Waals surface area contributed by atoms with Crippen LogP contribution in [0.15, 0.2) is 36.4 Å². The first-order valence-corrected chi connectivity index (χ1v) is 10.3. The molecule has 0 radical (unpaired) electrons. The molecule has 0 bridgehead atoms. The summed E-state index contributed by atoms with van der Waals surface area (Å²) in [6, 6.07) is 11.1. The first-order valence-electron chi connectivity index (χ1n) is 9.94. The monoisotopic (exact) mass is 428 g/mol. The minimum absolute atomic E-state index is 0.0798. The van der Waals surface area contributed by atoms with Gasteiger partial charge in [0.2, 0.25) is 0 Å². The van der Waals surface area contributed by atoms with Gasteiger partial charge in [0.05, 0.1) is 30.8 Å². The molecular weight excluding hydrogens is 404 g/mol. The number of rotatable bonds is 6. The maximum atomic E-state index is 12.3. The van der Waals surface area contributed by atoms with Crippen molar-refractivity contribution in [3.8, 4) is 5.75 Å². The number of nitrogens with zero attached hydrogens (tertiary/aromatic N) is 3. The number of carbonyl (C=O) groups is 1. The minimum atomic E-state index is -0.230. The summed E-state index contributed by atoms with van der Waals surface area (Å²) in [5, 5.41) is 3.54. The Morgan fingerprint density at radius 3 is 2.80 bits per heavy atom. The van der Waals surface area contributed by atoms with Gasteiger partial charge < -0.3 is 19.4 Å². The van der Waals surface area contributed by atoms with Gasteiger partial charge in [0, 0.05) is 30.8 Å². The molecule has 0 unspecified atom stereocenters. The number of fused-ring (bicyclic) bond motifs is 1. The number of hydrogen-bond donors (Lipinski definition) is 1. The highest BCUT2D eigenvalue weighted by Crippen LogP contribution is 2.22. The van der Waals surface area contributed by atoms with Gasteiger partial charge >= 0.3 is 0 Å². The molecule has 0 spiro atoms. The average Bonchev–Trinajstić information content (AvgIpc) is 3.04. The van der Waals surface area contributed by atoms with Crippen molar-refractivity contribution >= 4 is 34.2 Å². The number of halogens is 1. The second-order valence-corrected chi connectivity index (χ2v) is 7.83. The Labute approximate surface area is 180 Å². The number of ether oxygens (including phenoxy) is 2. The van der Waals surface area contributed by atoms with Crippen molar-refractivity contribution in [1.82, 2.24) is 14.5 Å². The fourth-order valence-corrected chi connectivity index (χ4v) is 3.60. The second-order valence-electron chi connectivity index (χ2n) is 7.43. The fourth-order valence-electron chi connectivity index (χ4n) is 3.48. The van der Waals surface area contributed by atoms with E-state index in [0.29, 0.717) is 16.5 Å². The van der Waals surface area contributed by atoms with Gasteiger partial charge in [-0.1, -0.05) is 11.6 Å². The van der Waals surface area contributed by atoms with Crippen LogP contribution in [0.1, 0.15) is 11.4 Å². The molecule has 158 valence electrons. The predicted molar refractivity (Wildman–Crippen MR) is 117 cm³/mol. The molecule has 0 saturated carbocycles. The molecule has 4 rings (SSSR count). The summed E-state index contributed by atoms with van der Waals surface area (Å²) in [5.74, 6) is 1.38. The van der Waals surface area contributed by atoms with Crippen molar-refractivity contribution in [2.45, 2.75) is 13.5 Å². The molecule has 1 aliphatic heterocycles. The van der Waals surface area contributed by atoms with E-state index >= 15 is 0 Å². The summed E-state index contributed by atoms with van der Waals surface area (Å²) in [7, 11) is 2.02. The van der Waals surface area contributed by atoms with Gasteiger partial charge in [0.25, 0.3) is 5.91 Å². The van der Waals surface area contributed by atoms with Crippen molar-refractivity contribution in [3.63, 3.8) is 0 Å². The molecule has 1 fully saturated rings. The Kier molecular flexibility index (Phi) is 6.22. The fraction of sp³-hybridized carbons (Fsp3) is 0.364. The summed E-state index contributed by atoms with van der Waals surface area (Å²) in [5.41, 5.74) is 3.49. The lowest BCUT2D eigenvalue weighted by atomic mass is 10.2. The average molecular weight is 429 g/mol. The van der Waals surface area contributed by atoms with E-state index < -0.39 is 0 Å². The zero-order valence-electron chi connectivity index (χ0n) is 17.2. The van der Waals surface area contributed by atoms with Crippen LogP contribution in [0.4, 0.5) is 5.69 Å². The van der Waals surface area contributed by atoms with Crippen molar-refractivity contribution in [3.05, 3.63) is 52.8 Å². The highest BCUT2D eigenvalue weighted by atomic mass is 35.5. The van der Waals surface area contributed by atoms with Crippen molar-refractivity contribution in [1.29, 1.82) is 0 Å². The van der Waals surface area contributed by atoms with E-state index in [0.717, 1.165) is 55.3 Å². The van der Waals surface area contributed by atoms with Crippen molar-refractivity contribution in [2.24, 2.45) is 7.05 Å². The van der Waals surface area contributed by atoms with Gasteiger partial charge in [0.1, 0.15) is 11.6 Å². The predicted octanol–water partition coefficient (Wildman–Crippen LogP) is 3.38. The molecule has 7 nitrogen and oxygen atoms in total. The summed E-state index contributed by atoms with van der Waals surface area (Å²) < 4.78 is 13.1. The smallest absolute Gasteiger partial charge is 0.262 e. The number of amides is 1. The number of anilines is 1. The van der Waals surface area contributed by atoms with Crippen LogP contribution in [0.3, 0.4) is 0 Å². The molecule has 2 heterocycles. The summed E-state index contributed by atoms with van der Waals surface area (Å²) in [6.07, 6.45) is 0. The Hall–Kier alpha value is -2.61. The number of imidazole rings is 1. The lowest BCUT2D eigenvalue weighted by molar-refractivity contribution is -0.118. The standard InChI is InChI=1S/C22H25ClN4O3/c1-15-11-17(4-5-18(15)23)30-14-22(28)24-16-3-6-20-19(12-16)25-21(26(20)2)13-27-7-9-29-10-8-27/h3-6,11-12H,7-10,13-14H2,1-2H3,(H,24,28). The lowest BCUT2D eigenvalue weighted by Gasteiger charge is -2.26. The highest BCUT2D eigenvalue weighted by Gasteiger charge is 2.15. The maximum absolute atomic E-state index is 12.3. The third-order valence-electron chi connectivity index (χ3n) is 5.23. The topological polar surface area (TPSA) is 68.6 Å². The Morgan fingerprint density at radius 1 is 1.23 bits per heavy atom. The first kappa shape index (κ1) is 20.7. The quantitative estimate of drug-likeness (QED) is 0.651. The van der Waals surface area contributed by atoms with Crippen LogP contribution in [0.5, 0.6) is 5.75 Å². The Morgan fingerprint density at radius 2 is 2.03 bits per heavy atom. The number of carbonyl (C=O) groups excluding carboxylic acids is 1. The number of hydrogen-bond acceptors (Lipinski definition) is 5. The number of morpholine rings is 1. The zero-order chi connectivity index (χ0) is 21.1. The Bertz CT molecular complexity index is 1060. The van der Waals surface area contributed by atoms with Gasteiger partial charge in [-0.2, -0.15) is 0 Å². The molecule has 1 saturated heterocycles. The van der Waals surface area contributed by atoms with Gasteiger partial charge in [0.15, 0.2) is 6.61 Å². The van der Waals surface area contributed by atoms with Crippen LogP contribution >= 0.6 is 11.6 Å². The molecule has 0 atom stereocenters. The zero-order valence-corrected chi connectivity index (χ0v) is 17.9. The molecule has 1 N–H and O–H groups in total. The molecule has 30 heavy (non-hydrogen) atoms. The number of aryl methyl sites for hydroxylation is 2. The SMILES string of the molecule is Cc1cc(OCC(=O)Nc2ccc3c(c2)nc(CN2CCOCC2)n3C)ccc1Cl. The van der Waals surface area contributed by atoms with Crippen LogP contribution < -0.4 is 10.1 Å². The van der Waals surface area contributed by atoms with E-state index in [-0.39, 0.29) is 12.5 Å². The van der Waals surface area contributed by atoms with E-state index in [1.807, 2.05) is 38.2 Å². The van der Waals surface area contributed by atoms with Gasteiger partial charge in [-0.15, -0.1) is 0 Å². The molecule has 0 aliphatic carbocycles. The molecule has 1 aliphatic rings. The molecule has 1 amide bonds. The van der Waals surface area contributed by atoms with E-state index in [1.165, 1.54) is 0 Å². The van der Waals surface area contributed by atoms with Crippen LogP contribution in [0.25, 0.3) is 11.0 Å². The maximum Gasteiger partial charge on any atom is 0.262 e. The molecule has 1 aromatic heterocycles. The summed E-state index contributed by atoms with van der Waals surface area (Å²) in [4.78, 5) is 19.4. The van der Waals surface area contributed by atoms with E-state index in [1.54, 1.807) is 12.1 Å². The Balaban J connectivity index is 1.40. The third kappa shape index (κ3) is 4.75. The number of nitrogens with one attached hydrogen (secondary N) is 1. The normalized spacial score (nSPS) is 14.8. The van der Waals surface area contributed by atoms with Gasteiger partial charge in [-0.25, -0.2) is 4.98 Å². The highest BCUT2D eigenvalue weighted by molar-refractivity contribution is 6.31. The minimum Gasteiger partial charge on any atom is -0.484 e. The first-order chi connectivity index (χ1) is 14.5. The second kappa shape index (κ2) is 9.04. The van der Waals surface area contributed by atoms with Crippen LogP contribution in [-0.4, -0.2) is 53.3 Å². The largest absolute Gasteiger partial charge is 0.484 e. The summed E-state index contributed by atoms with van der Waals surface area (Å²) >= 11 is 6.02. The van der Waals surface area contributed by atoms with E-state index in [4.69, 9.17) is 26.1 Å². The summed E-state index contributed by atoms with van der Waals surface area (Å²) in [6.45, 7) is 5.95. The number of aromatic nitrogens is 2. The van der Waals surface area contributed by atoms with Crippen LogP contribution in [0, 0.1) is 6.92 Å². The van der Waals surface area contributed by atoms with Crippen LogP contribution in [-0.2, 0) is 23.1 Å². The molecule has 8 heteroatoms. The van der Waals surface area contributed by atoms with Gasteiger partial charge in [-0.05, 0) is 48.9 Å². The van der Waals surface area contributed by atoms with Crippen LogP contribution in [0.2, 0.25) is 5.02 Å². The van der Waals surface area contributed by atoms with Gasteiger partial charge in [-0.3, -0.25) is 9.69 Å². The van der Waals surface area contributed by atoms with E-state index in [2.05, 4.69) is 14.8 Å². The number of benzene rings is 2. The van der Waals surface area contributed by atoms with E-state index in [9.17, 15) is 4.79 Å². The molecule has 3 aromatic rings. The van der Waals surface area contributed by atoms with Crippen molar-refractivity contribution < 1.29 is 14.3 Å². The van der Waals surface area contributed by atoms with Crippen molar-refractivity contribution in [2.75, 3.05) is 38.2 Å². The third-order valence-corrected chi connectivity index (χ3v) is 5.65. The molecular formula is C22H25ClN4O3.